The second kappa shape index (κ2) is 9.06. The zero-order chi connectivity index (χ0) is 18.4. The van der Waals surface area contributed by atoms with Gasteiger partial charge in [0.15, 0.2) is 0 Å². The summed E-state index contributed by atoms with van der Waals surface area (Å²) in [7, 11) is 0. The van der Waals surface area contributed by atoms with Crippen molar-refractivity contribution in [3.63, 3.8) is 0 Å². The summed E-state index contributed by atoms with van der Waals surface area (Å²) in [5.41, 5.74) is 0.685. The molecule has 1 saturated carbocycles. The molecule has 25 heavy (non-hydrogen) atoms. The van der Waals surface area contributed by atoms with E-state index >= 15 is 0 Å². The fraction of sp³-hybridized carbons (Fsp3) is 0.471. The maximum absolute atomic E-state index is 12.6. The van der Waals surface area contributed by atoms with Crippen molar-refractivity contribution in [3.8, 4) is 0 Å². The van der Waals surface area contributed by atoms with Crippen molar-refractivity contribution in [2.24, 2.45) is 5.92 Å². The molecule has 0 heterocycles. The molecule has 1 aliphatic rings. The number of nitrogens with one attached hydrogen (secondary N) is 2. The van der Waals surface area contributed by atoms with Gasteiger partial charge in [0.05, 0.1) is 16.0 Å². The van der Waals surface area contributed by atoms with Gasteiger partial charge in [-0.3, -0.25) is 14.9 Å². The standard InChI is InChI=1S/C17H20Cl2N2O4/c18-13-6-5-11(8-14(13)19)12(7-10-3-1-2-4-10)16(24)21-17(25)20-9-15(22)23/h5-6,8,10,12H,1-4,7,9H2,(H,22,23)(H2,20,21,24,25). The van der Waals surface area contributed by atoms with E-state index in [1.54, 1.807) is 18.2 Å². The molecule has 3 amide bonds. The van der Waals surface area contributed by atoms with Crippen LogP contribution in [0.2, 0.25) is 10.0 Å². The monoisotopic (exact) mass is 386 g/mol. The van der Waals surface area contributed by atoms with Crippen LogP contribution in [0.5, 0.6) is 0 Å². The maximum atomic E-state index is 12.6. The third-order valence-electron chi connectivity index (χ3n) is 4.34. The Balaban J connectivity index is 2.12. The molecule has 0 spiro atoms. The van der Waals surface area contributed by atoms with Crippen LogP contribution in [-0.2, 0) is 9.59 Å². The molecule has 1 unspecified atom stereocenters. The van der Waals surface area contributed by atoms with Crippen LogP contribution in [0, 0.1) is 5.92 Å². The molecule has 0 aliphatic heterocycles. The van der Waals surface area contributed by atoms with Gasteiger partial charge in [-0.15, -0.1) is 0 Å². The number of carbonyl (C=O) groups excluding carboxylic acids is 2. The van der Waals surface area contributed by atoms with Crippen LogP contribution in [0.25, 0.3) is 0 Å². The van der Waals surface area contributed by atoms with Crippen molar-refractivity contribution in [2.75, 3.05) is 6.54 Å². The quantitative estimate of drug-likeness (QED) is 0.696. The number of benzene rings is 1. The van der Waals surface area contributed by atoms with Crippen molar-refractivity contribution >= 4 is 41.1 Å². The summed E-state index contributed by atoms with van der Waals surface area (Å²) in [6, 6.07) is 4.16. The highest BCUT2D eigenvalue weighted by molar-refractivity contribution is 6.42. The van der Waals surface area contributed by atoms with E-state index in [1.165, 1.54) is 0 Å². The number of hydrogen-bond donors (Lipinski definition) is 3. The highest BCUT2D eigenvalue weighted by Gasteiger charge is 2.28. The molecular formula is C17H20Cl2N2O4. The van der Waals surface area contributed by atoms with Gasteiger partial charge >= 0.3 is 12.0 Å². The lowest BCUT2D eigenvalue weighted by molar-refractivity contribution is -0.135. The number of rotatable bonds is 6. The molecule has 0 aromatic heterocycles. The Bertz CT molecular complexity index is 660. The molecule has 0 bridgehead atoms. The smallest absolute Gasteiger partial charge is 0.323 e. The van der Waals surface area contributed by atoms with Gasteiger partial charge in [0.1, 0.15) is 6.54 Å². The topological polar surface area (TPSA) is 95.5 Å². The Morgan fingerprint density at radius 3 is 2.44 bits per heavy atom. The molecule has 1 aromatic rings. The summed E-state index contributed by atoms with van der Waals surface area (Å²) < 4.78 is 0. The number of carbonyl (C=O) groups is 3. The summed E-state index contributed by atoms with van der Waals surface area (Å²) >= 11 is 12.0. The minimum Gasteiger partial charge on any atom is -0.480 e. The highest BCUT2D eigenvalue weighted by Crippen LogP contribution is 2.36. The number of hydrogen-bond acceptors (Lipinski definition) is 3. The van der Waals surface area contributed by atoms with E-state index < -0.39 is 30.4 Å². The molecule has 0 saturated heterocycles. The van der Waals surface area contributed by atoms with E-state index in [0.29, 0.717) is 27.9 Å². The molecule has 3 N–H and O–H groups in total. The largest absolute Gasteiger partial charge is 0.480 e. The molecule has 1 fully saturated rings. The van der Waals surface area contributed by atoms with Crippen LogP contribution in [0.1, 0.15) is 43.6 Å². The zero-order valence-electron chi connectivity index (χ0n) is 13.6. The van der Waals surface area contributed by atoms with Crippen molar-refractivity contribution in [2.45, 2.75) is 38.0 Å². The minimum absolute atomic E-state index is 0.346. The first-order chi connectivity index (χ1) is 11.9. The van der Waals surface area contributed by atoms with E-state index in [9.17, 15) is 14.4 Å². The molecule has 1 aliphatic carbocycles. The maximum Gasteiger partial charge on any atom is 0.323 e. The number of urea groups is 1. The zero-order valence-corrected chi connectivity index (χ0v) is 15.1. The van der Waals surface area contributed by atoms with E-state index in [-0.39, 0.29) is 0 Å². The third-order valence-corrected chi connectivity index (χ3v) is 5.08. The average molecular weight is 387 g/mol. The summed E-state index contributed by atoms with van der Waals surface area (Å²) in [5, 5.41) is 13.6. The second-order valence-electron chi connectivity index (χ2n) is 6.18. The van der Waals surface area contributed by atoms with Crippen molar-refractivity contribution in [1.29, 1.82) is 0 Å². The molecule has 8 heteroatoms. The molecule has 1 aromatic carbocycles. The second-order valence-corrected chi connectivity index (χ2v) is 6.99. The normalized spacial score (nSPS) is 15.6. The van der Waals surface area contributed by atoms with E-state index in [0.717, 1.165) is 25.7 Å². The van der Waals surface area contributed by atoms with Crippen LogP contribution in [0.15, 0.2) is 18.2 Å². The van der Waals surface area contributed by atoms with Gasteiger partial charge in [-0.1, -0.05) is 55.0 Å². The number of halogens is 2. The predicted molar refractivity (Wildman–Crippen MR) is 95.0 cm³/mol. The van der Waals surface area contributed by atoms with Gasteiger partial charge in [-0.25, -0.2) is 4.79 Å². The summed E-state index contributed by atoms with van der Waals surface area (Å²) in [4.78, 5) is 34.8. The molecule has 2 rings (SSSR count). The van der Waals surface area contributed by atoms with Gasteiger partial charge in [0.25, 0.3) is 0 Å². The Morgan fingerprint density at radius 1 is 1.16 bits per heavy atom. The number of carboxylic acids is 1. The van der Waals surface area contributed by atoms with Crippen molar-refractivity contribution < 1.29 is 19.5 Å². The van der Waals surface area contributed by atoms with E-state index in [1.807, 2.05) is 0 Å². The van der Waals surface area contributed by atoms with E-state index in [2.05, 4.69) is 10.6 Å². The SMILES string of the molecule is O=C(O)CNC(=O)NC(=O)C(CC1CCCC1)c1ccc(Cl)c(Cl)c1. The number of aliphatic carboxylic acids is 1. The first-order valence-corrected chi connectivity index (χ1v) is 8.88. The lowest BCUT2D eigenvalue weighted by atomic mass is 9.87. The van der Waals surface area contributed by atoms with Gasteiger partial charge < -0.3 is 10.4 Å². The van der Waals surface area contributed by atoms with Gasteiger partial charge in [0, 0.05) is 0 Å². The van der Waals surface area contributed by atoms with Gasteiger partial charge in [-0.05, 0) is 30.0 Å². The molecule has 1 atom stereocenters. The first-order valence-electron chi connectivity index (χ1n) is 8.12. The molecule has 0 radical (unpaired) electrons. The van der Waals surface area contributed by atoms with Crippen LogP contribution < -0.4 is 10.6 Å². The number of carboxylic acid groups (broad SMARTS) is 1. The fourth-order valence-electron chi connectivity index (χ4n) is 3.10. The third kappa shape index (κ3) is 5.90. The van der Waals surface area contributed by atoms with Crippen molar-refractivity contribution in [1.82, 2.24) is 10.6 Å². The number of amides is 3. The van der Waals surface area contributed by atoms with Crippen LogP contribution in [-0.4, -0.2) is 29.6 Å². The lowest BCUT2D eigenvalue weighted by Gasteiger charge is -2.20. The van der Waals surface area contributed by atoms with Crippen molar-refractivity contribution in [3.05, 3.63) is 33.8 Å². The Kier molecular flexibility index (Phi) is 7.08. The fourth-order valence-corrected chi connectivity index (χ4v) is 3.41. The van der Waals surface area contributed by atoms with Crippen LogP contribution in [0.4, 0.5) is 4.79 Å². The summed E-state index contributed by atoms with van der Waals surface area (Å²) in [6.07, 6.45) is 4.99. The number of imide groups is 1. The summed E-state index contributed by atoms with van der Waals surface area (Å²) in [5.74, 6) is -1.80. The Labute approximate surface area is 155 Å². The van der Waals surface area contributed by atoms with E-state index in [4.69, 9.17) is 28.3 Å². The Hall–Kier alpha value is -1.79. The first kappa shape index (κ1) is 19.5. The minimum atomic E-state index is -1.19. The average Bonchev–Trinajstić information content (AvgIpc) is 3.06. The highest BCUT2D eigenvalue weighted by atomic mass is 35.5. The van der Waals surface area contributed by atoms with Gasteiger partial charge in [0.2, 0.25) is 5.91 Å². The van der Waals surface area contributed by atoms with Crippen LogP contribution in [0.3, 0.4) is 0 Å². The Morgan fingerprint density at radius 2 is 1.84 bits per heavy atom. The molecular weight excluding hydrogens is 367 g/mol. The summed E-state index contributed by atoms with van der Waals surface area (Å²) in [6.45, 7) is -0.556. The molecule has 6 nitrogen and oxygen atoms in total. The van der Waals surface area contributed by atoms with Crippen LogP contribution >= 0.6 is 23.2 Å². The predicted octanol–water partition coefficient (Wildman–Crippen LogP) is 3.57. The lowest BCUT2D eigenvalue weighted by Crippen LogP contribution is -2.43. The molecule has 136 valence electrons. The van der Waals surface area contributed by atoms with Gasteiger partial charge in [-0.2, -0.15) is 0 Å².